The molecule has 0 aromatic carbocycles. The Hall–Kier alpha value is -1.47. The maximum Gasteiger partial charge on any atom is 0.257 e. The van der Waals surface area contributed by atoms with Crippen molar-refractivity contribution in [1.29, 1.82) is 0 Å². The Kier molecular flexibility index (Phi) is 3.16. The van der Waals surface area contributed by atoms with E-state index in [0.29, 0.717) is 25.3 Å². The second kappa shape index (κ2) is 4.58. The zero-order chi connectivity index (χ0) is 11.5. The third kappa shape index (κ3) is 2.20. The lowest BCUT2D eigenvalue weighted by molar-refractivity contribution is 0.00879. The van der Waals surface area contributed by atoms with Gasteiger partial charge in [0.2, 0.25) is 0 Å². The molecule has 16 heavy (non-hydrogen) atoms. The van der Waals surface area contributed by atoms with E-state index >= 15 is 0 Å². The minimum Gasteiger partial charge on any atom is -0.391 e. The van der Waals surface area contributed by atoms with Crippen LogP contribution in [0.4, 0.5) is 0 Å². The smallest absolute Gasteiger partial charge is 0.257 e. The van der Waals surface area contributed by atoms with Gasteiger partial charge in [0.25, 0.3) is 5.91 Å². The van der Waals surface area contributed by atoms with Crippen LogP contribution >= 0.6 is 12.2 Å². The SMILES string of the molecule is NC(=S)C1CN(C(=O)c2cn[nH]c2)CCO1. The highest BCUT2D eigenvalue weighted by molar-refractivity contribution is 7.80. The minimum absolute atomic E-state index is 0.0849. The number of rotatable bonds is 2. The Balaban J connectivity index is 2.05. The third-order valence-corrected chi connectivity index (χ3v) is 2.68. The fraction of sp³-hybridized carbons (Fsp3) is 0.444. The molecule has 7 heteroatoms. The number of H-pyrrole nitrogens is 1. The largest absolute Gasteiger partial charge is 0.391 e. The molecule has 1 amide bonds. The van der Waals surface area contributed by atoms with Gasteiger partial charge in [0.15, 0.2) is 0 Å². The van der Waals surface area contributed by atoms with Crippen molar-refractivity contribution >= 4 is 23.1 Å². The lowest BCUT2D eigenvalue weighted by atomic mass is 10.2. The summed E-state index contributed by atoms with van der Waals surface area (Å²) in [5, 5.41) is 6.34. The number of nitrogens with two attached hydrogens (primary N) is 1. The van der Waals surface area contributed by atoms with Gasteiger partial charge in [0, 0.05) is 12.7 Å². The van der Waals surface area contributed by atoms with Gasteiger partial charge in [-0.2, -0.15) is 5.10 Å². The van der Waals surface area contributed by atoms with E-state index in [0.717, 1.165) is 0 Å². The van der Waals surface area contributed by atoms with Crippen LogP contribution in [0.2, 0.25) is 0 Å². The molecule has 3 N–H and O–H groups in total. The normalized spacial score (nSPS) is 20.8. The number of carbonyl (C=O) groups is 1. The van der Waals surface area contributed by atoms with Crippen molar-refractivity contribution in [3.8, 4) is 0 Å². The van der Waals surface area contributed by atoms with E-state index in [1.165, 1.54) is 6.20 Å². The lowest BCUT2D eigenvalue weighted by Crippen LogP contribution is -2.49. The van der Waals surface area contributed by atoms with Crippen molar-refractivity contribution < 1.29 is 9.53 Å². The Labute approximate surface area is 97.7 Å². The first-order chi connectivity index (χ1) is 7.68. The van der Waals surface area contributed by atoms with Crippen LogP contribution in [0.3, 0.4) is 0 Å². The number of morpholine rings is 1. The minimum atomic E-state index is -0.348. The van der Waals surface area contributed by atoms with Gasteiger partial charge in [-0.1, -0.05) is 12.2 Å². The van der Waals surface area contributed by atoms with E-state index in [1.807, 2.05) is 0 Å². The summed E-state index contributed by atoms with van der Waals surface area (Å²) in [5.74, 6) is -0.0849. The Morgan fingerprint density at radius 2 is 2.56 bits per heavy atom. The highest BCUT2D eigenvalue weighted by Gasteiger charge is 2.26. The van der Waals surface area contributed by atoms with Crippen molar-refractivity contribution in [3.63, 3.8) is 0 Å². The van der Waals surface area contributed by atoms with Gasteiger partial charge in [-0.05, 0) is 0 Å². The molecule has 2 rings (SSSR count). The molecule has 1 aliphatic rings. The third-order valence-electron chi connectivity index (χ3n) is 2.42. The fourth-order valence-corrected chi connectivity index (χ4v) is 1.70. The van der Waals surface area contributed by atoms with Crippen LogP contribution in [0.25, 0.3) is 0 Å². The van der Waals surface area contributed by atoms with Gasteiger partial charge in [-0.25, -0.2) is 0 Å². The van der Waals surface area contributed by atoms with Crippen LogP contribution in [0, 0.1) is 0 Å². The molecule has 0 spiro atoms. The van der Waals surface area contributed by atoms with E-state index in [9.17, 15) is 4.79 Å². The van der Waals surface area contributed by atoms with Gasteiger partial charge in [0.05, 0.1) is 24.9 Å². The molecule has 1 aromatic heterocycles. The van der Waals surface area contributed by atoms with E-state index < -0.39 is 0 Å². The van der Waals surface area contributed by atoms with Crippen molar-refractivity contribution in [2.45, 2.75) is 6.10 Å². The predicted molar refractivity (Wildman–Crippen MR) is 61.0 cm³/mol. The molecular weight excluding hydrogens is 228 g/mol. The van der Waals surface area contributed by atoms with Crippen LogP contribution in [0.15, 0.2) is 12.4 Å². The maximum atomic E-state index is 12.0. The fourth-order valence-electron chi connectivity index (χ4n) is 1.56. The molecule has 1 aliphatic heterocycles. The summed E-state index contributed by atoms with van der Waals surface area (Å²) in [4.78, 5) is 13.9. The van der Waals surface area contributed by atoms with Gasteiger partial charge in [0.1, 0.15) is 11.1 Å². The number of ether oxygens (including phenoxy) is 1. The number of nitrogens with zero attached hydrogens (tertiary/aromatic N) is 2. The van der Waals surface area contributed by atoms with Crippen molar-refractivity contribution in [2.24, 2.45) is 5.73 Å². The zero-order valence-corrected chi connectivity index (χ0v) is 9.37. The first-order valence-electron chi connectivity index (χ1n) is 4.87. The summed E-state index contributed by atoms with van der Waals surface area (Å²) in [6.07, 6.45) is 2.71. The molecule has 0 aliphatic carbocycles. The zero-order valence-electron chi connectivity index (χ0n) is 8.55. The van der Waals surface area contributed by atoms with E-state index in [2.05, 4.69) is 10.2 Å². The van der Waals surface area contributed by atoms with E-state index in [-0.39, 0.29) is 17.0 Å². The monoisotopic (exact) mass is 240 g/mol. The van der Waals surface area contributed by atoms with E-state index in [1.54, 1.807) is 11.1 Å². The quantitative estimate of drug-likeness (QED) is 0.683. The molecule has 2 heterocycles. The number of hydrogen-bond donors (Lipinski definition) is 2. The standard InChI is InChI=1S/C9H12N4O2S/c10-8(16)7-5-13(1-2-15-7)9(14)6-3-11-12-4-6/h3-4,7H,1-2,5H2,(H2,10,16)(H,11,12). The first kappa shape index (κ1) is 11.0. The summed E-state index contributed by atoms with van der Waals surface area (Å²) < 4.78 is 5.35. The van der Waals surface area contributed by atoms with Gasteiger partial charge in [-0.15, -0.1) is 0 Å². The number of thiocarbonyl (C=S) groups is 1. The molecule has 1 unspecified atom stereocenters. The van der Waals surface area contributed by atoms with Crippen molar-refractivity contribution in [3.05, 3.63) is 18.0 Å². The van der Waals surface area contributed by atoms with Crippen molar-refractivity contribution in [1.82, 2.24) is 15.1 Å². The van der Waals surface area contributed by atoms with Crippen LogP contribution in [-0.2, 0) is 4.74 Å². The molecule has 1 saturated heterocycles. The summed E-state index contributed by atoms with van der Waals surface area (Å²) in [7, 11) is 0. The molecule has 1 atom stereocenters. The Bertz CT molecular complexity index is 392. The number of aromatic nitrogens is 2. The molecule has 0 saturated carbocycles. The molecule has 0 radical (unpaired) electrons. The Morgan fingerprint density at radius 1 is 1.75 bits per heavy atom. The van der Waals surface area contributed by atoms with Crippen LogP contribution in [0.5, 0.6) is 0 Å². The van der Waals surface area contributed by atoms with Gasteiger partial charge >= 0.3 is 0 Å². The second-order valence-corrected chi connectivity index (χ2v) is 3.97. The molecule has 1 fully saturated rings. The summed E-state index contributed by atoms with van der Waals surface area (Å²) in [6.45, 7) is 1.40. The predicted octanol–water partition coefficient (Wildman–Crippen LogP) is -0.463. The van der Waals surface area contributed by atoms with E-state index in [4.69, 9.17) is 22.7 Å². The maximum absolute atomic E-state index is 12.0. The molecule has 1 aromatic rings. The van der Waals surface area contributed by atoms with Crippen molar-refractivity contribution in [2.75, 3.05) is 19.7 Å². The molecule has 0 bridgehead atoms. The average molecular weight is 240 g/mol. The molecule has 86 valence electrons. The van der Waals surface area contributed by atoms with Crippen LogP contribution in [-0.4, -0.2) is 51.8 Å². The van der Waals surface area contributed by atoms with Crippen LogP contribution in [0.1, 0.15) is 10.4 Å². The number of nitrogens with one attached hydrogen (secondary N) is 1. The Morgan fingerprint density at radius 3 is 3.19 bits per heavy atom. The topological polar surface area (TPSA) is 84.2 Å². The number of carbonyl (C=O) groups excluding carboxylic acids is 1. The highest BCUT2D eigenvalue weighted by Crippen LogP contribution is 2.09. The first-order valence-corrected chi connectivity index (χ1v) is 5.28. The average Bonchev–Trinajstić information content (AvgIpc) is 2.81. The van der Waals surface area contributed by atoms with Gasteiger partial charge in [-0.3, -0.25) is 9.89 Å². The number of hydrogen-bond acceptors (Lipinski definition) is 4. The molecular formula is C9H12N4O2S. The number of aromatic amines is 1. The molecule has 6 nitrogen and oxygen atoms in total. The summed E-state index contributed by atoms with van der Waals surface area (Å²) in [5.41, 5.74) is 6.03. The summed E-state index contributed by atoms with van der Waals surface area (Å²) >= 11 is 4.85. The van der Waals surface area contributed by atoms with Gasteiger partial charge < -0.3 is 15.4 Å². The highest BCUT2D eigenvalue weighted by atomic mass is 32.1. The lowest BCUT2D eigenvalue weighted by Gasteiger charge is -2.32. The number of amides is 1. The van der Waals surface area contributed by atoms with Crippen LogP contribution < -0.4 is 5.73 Å². The summed E-state index contributed by atoms with van der Waals surface area (Å²) in [6, 6.07) is 0. The second-order valence-electron chi connectivity index (χ2n) is 3.50.